The first-order valence-electron chi connectivity index (χ1n) is 7.24. The van der Waals surface area contributed by atoms with E-state index in [2.05, 4.69) is 15.3 Å². The van der Waals surface area contributed by atoms with E-state index in [9.17, 15) is 9.59 Å². The summed E-state index contributed by atoms with van der Waals surface area (Å²) < 4.78 is 1.95. The number of primary amides is 1. The molecule has 2 heterocycles. The van der Waals surface area contributed by atoms with Crippen molar-refractivity contribution in [2.45, 2.75) is 6.92 Å². The van der Waals surface area contributed by atoms with Gasteiger partial charge in [-0.15, -0.1) is 12.4 Å². The third kappa shape index (κ3) is 4.23. The predicted molar refractivity (Wildman–Crippen MR) is 98.1 cm³/mol. The number of aromatic nitrogens is 3. The first kappa shape index (κ1) is 20.3. The van der Waals surface area contributed by atoms with Gasteiger partial charge in [-0.05, 0) is 20.0 Å². The van der Waals surface area contributed by atoms with Crippen molar-refractivity contribution in [3.05, 3.63) is 35.8 Å². The lowest BCUT2D eigenvalue weighted by atomic mass is 10.1. The van der Waals surface area contributed by atoms with E-state index in [1.165, 1.54) is 0 Å². The van der Waals surface area contributed by atoms with Gasteiger partial charge in [0.05, 0.1) is 17.6 Å². The quantitative estimate of drug-likeness (QED) is 0.641. The highest BCUT2D eigenvalue weighted by atomic mass is 35.5. The monoisotopic (exact) mass is 365 g/mol. The summed E-state index contributed by atoms with van der Waals surface area (Å²) in [5, 5.41) is 11.3. The summed E-state index contributed by atoms with van der Waals surface area (Å²) in [7, 11) is 3.51. The van der Waals surface area contributed by atoms with Crippen LogP contribution in [0.1, 0.15) is 16.3 Å². The van der Waals surface area contributed by atoms with Crippen molar-refractivity contribution < 1.29 is 14.7 Å². The molecule has 3 aromatic rings. The van der Waals surface area contributed by atoms with Crippen LogP contribution in [-0.2, 0) is 11.8 Å². The van der Waals surface area contributed by atoms with Gasteiger partial charge >= 0.3 is 5.97 Å². The Bertz CT molecular complexity index is 923. The number of halogens is 1. The molecule has 0 saturated heterocycles. The van der Waals surface area contributed by atoms with Gasteiger partial charge in [-0.25, -0.2) is 9.97 Å². The van der Waals surface area contributed by atoms with Gasteiger partial charge in [0.2, 0.25) is 0 Å². The smallest absolute Gasteiger partial charge is 0.317 e. The third-order valence-corrected chi connectivity index (χ3v) is 3.50. The lowest BCUT2D eigenvalue weighted by Crippen LogP contribution is -2.16. The number of nitrogens with one attached hydrogen (secondary N) is 1. The number of carboxylic acids is 1. The molecule has 0 fully saturated rings. The molecule has 0 aliphatic heterocycles. The molecule has 0 spiro atoms. The molecule has 2 aromatic heterocycles. The fourth-order valence-electron chi connectivity index (χ4n) is 2.35. The molecule has 1 aromatic carbocycles. The molecule has 134 valence electrons. The molecule has 0 aliphatic carbocycles. The average Bonchev–Trinajstić information content (AvgIpc) is 2.82. The van der Waals surface area contributed by atoms with Crippen LogP contribution >= 0.6 is 12.4 Å². The summed E-state index contributed by atoms with van der Waals surface area (Å²) in [4.78, 5) is 29.7. The summed E-state index contributed by atoms with van der Waals surface area (Å²) >= 11 is 0. The second-order valence-corrected chi connectivity index (χ2v) is 5.18. The van der Waals surface area contributed by atoms with Crippen LogP contribution in [0.15, 0.2) is 24.3 Å². The zero-order valence-electron chi connectivity index (χ0n) is 14.1. The minimum Gasteiger partial charge on any atom is -0.480 e. The SMILES string of the molecule is CNCC(=O)O.Cc1nc2c(C(N)=O)nc3ccccc3c2n1C.Cl. The van der Waals surface area contributed by atoms with Crippen LogP contribution in [0.2, 0.25) is 0 Å². The number of carboxylic acid groups (broad SMARTS) is 1. The Morgan fingerprint density at radius 1 is 1.28 bits per heavy atom. The number of likely N-dealkylation sites (N-methyl/N-ethyl adjacent to an activating group) is 1. The van der Waals surface area contributed by atoms with Gasteiger partial charge in [0, 0.05) is 12.4 Å². The van der Waals surface area contributed by atoms with E-state index < -0.39 is 11.9 Å². The highest BCUT2D eigenvalue weighted by Gasteiger charge is 2.17. The van der Waals surface area contributed by atoms with Crippen LogP contribution in [0.25, 0.3) is 21.9 Å². The van der Waals surface area contributed by atoms with Gasteiger partial charge in [-0.2, -0.15) is 0 Å². The topological polar surface area (TPSA) is 123 Å². The predicted octanol–water partition coefficient (Wildman–Crippen LogP) is 1.24. The van der Waals surface area contributed by atoms with Crippen LogP contribution in [-0.4, -0.2) is 45.1 Å². The van der Waals surface area contributed by atoms with Crippen molar-refractivity contribution in [3.63, 3.8) is 0 Å². The first-order chi connectivity index (χ1) is 11.4. The second-order valence-electron chi connectivity index (χ2n) is 5.18. The van der Waals surface area contributed by atoms with Gasteiger partial charge in [0.15, 0.2) is 5.69 Å². The summed E-state index contributed by atoms with van der Waals surface area (Å²) in [5.41, 5.74) is 7.83. The Kier molecular flexibility index (Phi) is 6.84. The number of amides is 1. The molecule has 0 bridgehead atoms. The molecule has 3 rings (SSSR count). The van der Waals surface area contributed by atoms with E-state index in [-0.39, 0.29) is 24.6 Å². The number of benzene rings is 1. The number of rotatable bonds is 3. The molecule has 1 amide bonds. The van der Waals surface area contributed by atoms with Crippen LogP contribution < -0.4 is 11.1 Å². The Labute approximate surface area is 150 Å². The minimum absolute atomic E-state index is 0. The average molecular weight is 366 g/mol. The van der Waals surface area contributed by atoms with Crippen molar-refractivity contribution in [1.29, 1.82) is 0 Å². The number of carbonyl (C=O) groups is 2. The van der Waals surface area contributed by atoms with Crippen molar-refractivity contribution in [2.75, 3.05) is 13.6 Å². The molecule has 0 radical (unpaired) electrons. The Hall–Kier alpha value is -2.71. The maximum Gasteiger partial charge on any atom is 0.317 e. The number of aryl methyl sites for hydroxylation is 2. The fraction of sp³-hybridized carbons (Fsp3) is 0.250. The Morgan fingerprint density at radius 2 is 1.92 bits per heavy atom. The highest BCUT2D eigenvalue weighted by molar-refractivity contribution is 6.11. The highest BCUT2D eigenvalue weighted by Crippen LogP contribution is 2.26. The minimum atomic E-state index is -0.822. The van der Waals surface area contributed by atoms with Crippen LogP contribution in [0.5, 0.6) is 0 Å². The molecule has 0 aliphatic rings. The molecule has 0 atom stereocenters. The first-order valence-corrected chi connectivity index (χ1v) is 7.24. The van der Waals surface area contributed by atoms with E-state index in [4.69, 9.17) is 10.8 Å². The second kappa shape index (κ2) is 8.41. The van der Waals surface area contributed by atoms with E-state index in [0.29, 0.717) is 5.52 Å². The van der Waals surface area contributed by atoms with Gasteiger partial charge in [-0.3, -0.25) is 9.59 Å². The van der Waals surface area contributed by atoms with Crippen LogP contribution in [0.4, 0.5) is 0 Å². The number of para-hydroxylation sites is 1. The van der Waals surface area contributed by atoms with Crippen molar-refractivity contribution in [3.8, 4) is 0 Å². The summed E-state index contributed by atoms with van der Waals surface area (Å²) in [6, 6.07) is 7.66. The molecule has 9 heteroatoms. The Balaban J connectivity index is 0.000000390. The van der Waals surface area contributed by atoms with E-state index in [1.54, 1.807) is 7.05 Å². The molecule has 4 N–H and O–H groups in total. The number of carbonyl (C=O) groups excluding carboxylic acids is 1. The van der Waals surface area contributed by atoms with Gasteiger partial charge < -0.3 is 20.7 Å². The zero-order valence-corrected chi connectivity index (χ0v) is 14.9. The van der Waals surface area contributed by atoms with E-state index in [1.807, 2.05) is 42.8 Å². The van der Waals surface area contributed by atoms with Gasteiger partial charge in [0.1, 0.15) is 11.3 Å². The zero-order chi connectivity index (χ0) is 17.9. The van der Waals surface area contributed by atoms with E-state index >= 15 is 0 Å². The standard InChI is InChI=1S/C13H12N4O.C3H7NO2.ClH/c1-7-15-10-11(13(14)18)16-9-6-4-3-5-8(9)12(10)17(7)2;1-4-2-3(5)6;/h3-6H,1-2H3,(H2,14,18);4H,2H2,1H3,(H,5,6);1H. The van der Waals surface area contributed by atoms with Crippen molar-refractivity contribution in [1.82, 2.24) is 19.9 Å². The fourth-order valence-corrected chi connectivity index (χ4v) is 2.35. The van der Waals surface area contributed by atoms with Gasteiger partial charge in [0.25, 0.3) is 5.91 Å². The molecular formula is C16H20ClN5O3. The number of fused-ring (bicyclic) bond motifs is 3. The van der Waals surface area contributed by atoms with Crippen LogP contribution in [0.3, 0.4) is 0 Å². The molecule has 0 saturated carbocycles. The number of hydrogen-bond acceptors (Lipinski definition) is 5. The maximum absolute atomic E-state index is 11.5. The molecule has 8 nitrogen and oxygen atoms in total. The molecular weight excluding hydrogens is 346 g/mol. The van der Waals surface area contributed by atoms with Crippen LogP contribution in [0, 0.1) is 6.92 Å². The summed E-state index contributed by atoms with van der Waals surface area (Å²) in [5.74, 6) is -0.549. The summed E-state index contributed by atoms with van der Waals surface area (Å²) in [6.07, 6.45) is 0. The summed E-state index contributed by atoms with van der Waals surface area (Å²) in [6.45, 7) is 1.93. The number of nitrogens with two attached hydrogens (primary N) is 1. The number of hydrogen-bond donors (Lipinski definition) is 3. The van der Waals surface area contributed by atoms with Crippen molar-refractivity contribution >= 4 is 46.2 Å². The third-order valence-electron chi connectivity index (χ3n) is 3.50. The Morgan fingerprint density at radius 3 is 2.44 bits per heavy atom. The molecule has 25 heavy (non-hydrogen) atoms. The normalized spacial score (nSPS) is 10.0. The number of imidazole rings is 1. The largest absolute Gasteiger partial charge is 0.480 e. The molecule has 0 unspecified atom stereocenters. The number of pyridine rings is 1. The number of nitrogens with zero attached hydrogens (tertiary/aromatic N) is 3. The van der Waals surface area contributed by atoms with Crippen molar-refractivity contribution in [2.24, 2.45) is 12.8 Å². The van der Waals surface area contributed by atoms with E-state index in [0.717, 1.165) is 22.2 Å². The van der Waals surface area contributed by atoms with Gasteiger partial charge in [-0.1, -0.05) is 18.2 Å². The lowest BCUT2D eigenvalue weighted by molar-refractivity contribution is -0.135. The maximum atomic E-state index is 11.5. The number of aliphatic carboxylic acids is 1. The lowest BCUT2D eigenvalue weighted by Gasteiger charge is -2.04.